The Morgan fingerprint density at radius 3 is 2.42 bits per heavy atom. The standard InChI is InChI=1S/C17H19FN2O4S2/c1-12-9-15(18)4-6-17(12)26(23,24)19-16-5-3-13-7-8-20(25(2,21)22)11-14(13)10-16/h3-6,9-10,19H,7-8,11H2,1-2H3. The zero-order valence-electron chi connectivity index (χ0n) is 14.4. The van der Waals surface area contributed by atoms with Gasteiger partial charge in [-0.05, 0) is 60.4 Å². The van der Waals surface area contributed by atoms with Crippen molar-refractivity contribution in [2.24, 2.45) is 0 Å². The van der Waals surface area contributed by atoms with E-state index in [1.807, 2.05) is 0 Å². The number of halogens is 1. The molecule has 0 unspecified atom stereocenters. The molecule has 0 radical (unpaired) electrons. The molecule has 0 bridgehead atoms. The zero-order chi connectivity index (χ0) is 19.1. The monoisotopic (exact) mass is 398 g/mol. The second-order valence-electron chi connectivity index (χ2n) is 6.35. The Hall–Kier alpha value is -1.97. The Labute approximate surface area is 152 Å². The van der Waals surface area contributed by atoms with Gasteiger partial charge in [-0.1, -0.05) is 6.07 Å². The molecule has 0 spiro atoms. The van der Waals surface area contributed by atoms with Crippen molar-refractivity contribution in [3.05, 3.63) is 58.9 Å². The lowest BCUT2D eigenvalue weighted by Gasteiger charge is -2.27. The Morgan fingerprint density at radius 1 is 1.04 bits per heavy atom. The molecule has 0 atom stereocenters. The summed E-state index contributed by atoms with van der Waals surface area (Å²) in [7, 11) is -7.19. The average molecular weight is 398 g/mol. The SMILES string of the molecule is Cc1cc(F)ccc1S(=O)(=O)Nc1ccc2c(c1)CN(S(C)(=O)=O)CC2. The molecule has 3 rings (SSSR count). The van der Waals surface area contributed by atoms with Crippen molar-refractivity contribution in [1.82, 2.24) is 4.31 Å². The van der Waals surface area contributed by atoms with Gasteiger partial charge in [-0.3, -0.25) is 4.72 Å². The van der Waals surface area contributed by atoms with Crippen LogP contribution in [-0.4, -0.2) is 33.9 Å². The topological polar surface area (TPSA) is 83.6 Å². The van der Waals surface area contributed by atoms with E-state index in [1.54, 1.807) is 18.2 Å². The van der Waals surface area contributed by atoms with Crippen molar-refractivity contribution < 1.29 is 21.2 Å². The molecule has 0 aliphatic carbocycles. The summed E-state index contributed by atoms with van der Waals surface area (Å²) in [5.74, 6) is -0.504. The summed E-state index contributed by atoms with van der Waals surface area (Å²) < 4.78 is 65.7. The second kappa shape index (κ2) is 6.64. The highest BCUT2D eigenvalue weighted by Gasteiger charge is 2.24. The predicted octanol–water partition coefficient (Wildman–Crippen LogP) is 2.25. The number of benzene rings is 2. The molecule has 0 saturated heterocycles. The molecular formula is C17H19FN2O4S2. The molecule has 1 N–H and O–H groups in total. The Balaban J connectivity index is 1.90. The highest BCUT2D eigenvalue weighted by molar-refractivity contribution is 7.92. The molecule has 1 aliphatic rings. The van der Waals surface area contributed by atoms with E-state index in [1.165, 1.54) is 17.3 Å². The first-order chi connectivity index (χ1) is 12.1. The van der Waals surface area contributed by atoms with Crippen LogP contribution in [0.3, 0.4) is 0 Å². The van der Waals surface area contributed by atoms with Crippen LogP contribution in [0.25, 0.3) is 0 Å². The van der Waals surface area contributed by atoms with Crippen molar-refractivity contribution in [3.63, 3.8) is 0 Å². The molecule has 1 heterocycles. The Kier molecular flexibility index (Phi) is 4.80. The van der Waals surface area contributed by atoms with Crippen molar-refractivity contribution >= 4 is 25.7 Å². The fourth-order valence-electron chi connectivity index (χ4n) is 3.00. The number of hydrogen-bond acceptors (Lipinski definition) is 4. The van der Waals surface area contributed by atoms with Crippen LogP contribution in [-0.2, 0) is 33.0 Å². The van der Waals surface area contributed by atoms with Gasteiger partial charge in [0.2, 0.25) is 10.0 Å². The zero-order valence-corrected chi connectivity index (χ0v) is 16.0. The predicted molar refractivity (Wildman–Crippen MR) is 97.3 cm³/mol. The quantitative estimate of drug-likeness (QED) is 0.856. The Morgan fingerprint density at radius 2 is 1.77 bits per heavy atom. The minimum atomic E-state index is -3.88. The lowest BCUT2D eigenvalue weighted by atomic mass is 10.0. The molecule has 6 nitrogen and oxygen atoms in total. The largest absolute Gasteiger partial charge is 0.280 e. The van der Waals surface area contributed by atoms with E-state index in [4.69, 9.17) is 0 Å². The number of sulfonamides is 2. The fraction of sp³-hybridized carbons (Fsp3) is 0.294. The van der Waals surface area contributed by atoms with Crippen LogP contribution in [0.5, 0.6) is 0 Å². The summed E-state index contributed by atoms with van der Waals surface area (Å²) in [6.07, 6.45) is 1.73. The number of nitrogens with zero attached hydrogens (tertiary/aromatic N) is 1. The van der Waals surface area contributed by atoms with Gasteiger partial charge >= 0.3 is 0 Å². The first-order valence-electron chi connectivity index (χ1n) is 7.92. The third-order valence-electron chi connectivity index (χ3n) is 4.33. The van der Waals surface area contributed by atoms with Gasteiger partial charge in [0, 0.05) is 18.8 Å². The Bertz CT molecular complexity index is 1070. The van der Waals surface area contributed by atoms with Gasteiger partial charge in [-0.2, -0.15) is 4.31 Å². The van der Waals surface area contributed by atoms with Gasteiger partial charge in [0.1, 0.15) is 5.82 Å². The van der Waals surface area contributed by atoms with Gasteiger partial charge in [-0.25, -0.2) is 21.2 Å². The van der Waals surface area contributed by atoms with Crippen molar-refractivity contribution in [3.8, 4) is 0 Å². The van der Waals surface area contributed by atoms with E-state index < -0.39 is 25.9 Å². The smallest absolute Gasteiger partial charge is 0.262 e. The summed E-state index contributed by atoms with van der Waals surface area (Å²) >= 11 is 0. The van der Waals surface area contributed by atoms with Gasteiger partial charge in [0.15, 0.2) is 0 Å². The summed E-state index contributed by atoms with van der Waals surface area (Å²) in [5.41, 5.74) is 2.39. The van der Waals surface area contributed by atoms with E-state index in [-0.39, 0.29) is 11.4 Å². The van der Waals surface area contributed by atoms with E-state index >= 15 is 0 Å². The molecule has 2 aromatic carbocycles. The molecule has 9 heteroatoms. The molecule has 140 valence electrons. The minimum absolute atomic E-state index is 0.00520. The van der Waals surface area contributed by atoms with Crippen LogP contribution < -0.4 is 4.72 Å². The van der Waals surface area contributed by atoms with Gasteiger partial charge in [0.05, 0.1) is 11.2 Å². The van der Waals surface area contributed by atoms with Crippen molar-refractivity contribution in [2.45, 2.75) is 24.8 Å². The number of aryl methyl sites for hydroxylation is 1. The number of fused-ring (bicyclic) bond motifs is 1. The van der Waals surface area contributed by atoms with Crippen LogP contribution >= 0.6 is 0 Å². The average Bonchev–Trinajstić information content (AvgIpc) is 2.52. The molecule has 26 heavy (non-hydrogen) atoms. The molecule has 0 fully saturated rings. The third kappa shape index (κ3) is 3.89. The summed E-state index contributed by atoms with van der Waals surface area (Å²) in [5, 5.41) is 0. The van der Waals surface area contributed by atoms with Gasteiger partial charge in [-0.15, -0.1) is 0 Å². The van der Waals surface area contributed by atoms with Crippen LogP contribution in [0.15, 0.2) is 41.3 Å². The first kappa shape index (κ1) is 18.8. The number of hydrogen-bond donors (Lipinski definition) is 1. The summed E-state index contributed by atoms with van der Waals surface area (Å²) in [4.78, 5) is -0.00520. The van der Waals surface area contributed by atoms with Crippen LogP contribution in [0.4, 0.5) is 10.1 Å². The highest BCUT2D eigenvalue weighted by Crippen LogP contribution is 2.26. The first-order valence-corrected chi connectivity index (χ1v) is 11.3. The molecule has 2 aromatic rings. The minimum Gasteiger partial charge on any atom is -0.280 e. The maximum absolute atomic E-state index is 13.2. The van der Waals surface area contributed by atoms with E-state index in [0.29, 0.717) is 24.2 Å². The van der Waals surface area contributed by atoms with Crippen LogP contribution in [0.1, 0.15) is 16.7 Å². The normalized spacial score (nSPS) is 15.5. The highest BCUT2D eigenvalue weighted by atomic mass is 32.2. The lowest BCUT2D eigenvalue weighted by molar-refractivity contribution is 0.395. The maximum Gasteiger partial charge on any atom is 0.262 e. The van der Waals surface area contributed by atoms with E-state index in [2.05, 4.69) is 4.72 Å². The van der Waals surface area contributed by atoms with Crippen molar-refractivity contribution in [1.29, 1.82) is 0 Å². The van der Waals surface area contributed by atoms with Gasteiger partial charge in [0.25, 0.3) is 10.0 Å². The third-order valence-corrected chi connectivity index (χ3v) is 7.12. The van der Waals surface area contributed by atoms with Crippen LogP contribution in [0, 0.1) is 12.7 Å². The number of nitrogens with one attached hydrogen (secondary N) is 1. The van der Waals surface area contributed by atoms with E-state index in [0.717, 1.165) is 29.5 Å². The number of anilines is 1. The molecular weight excluding hydrogens is 379 g/mol. The fourth-order valence-corrected chi connectivity index (χ4v) is 5.08. The van der Waals surface area contributed by atoms with Crippen LogP contribution in [0.2, 0.25) is 0 Å². The van der Waals surface area contributed by atoms with Crippen molar-refractivity contribution in [2.75, 3.05) is 17.5 Å². The molecule has 0 amide bonds. The lowest BCUT2D eigenvalue weighted by Crippen LogP contribution is -2.35. The molecule has 0 saturated carbocycles. The summed E-state index contributed by atoms with van der Waals surface area (Å²) in [6, 6.07) is 8.55. The molecule has 1 aliphatic heterocycles. The second-order valence-corrected chi connectivity index (χ2v) is 9.98. The number of rotatable bonds is 4. The molecule has 0 aromatic heterocycles. The maximum atomic E-state index is 13.2. The summed E-state index contributed by atoms with van der Waals surface area (Å²) in [6.45, 7) is 2.14. The van der Waals surface area contributed by atoms with E-state index in [9.17, 15) is 21.2 Å². The van der Waals surface area contributed by atoms with Gasteiger partial charge < -0.3 is 0 Å².